The highest BCUT2D eigenvalue weighted by Crippen LogP contribution is 2.31. The van der Waals surface area contributed by atoms with Crippen molar-refractivity contribution in [3.05, 3.63) is 72.9 Å². The molecule has 1 N–H and O–H groups in total. The summed E-state index contributed by atoms with van der Waals surface area (Å²) in [5.41, 5.74) is 3.56. The molecule has 0 aliphatic rings. The summed E-state index contributed by atoms with van der Waals surface area (Å²) in [5, 5.41) is 13.0. The van der Waals surface area contributed by atoms with Crippen LogP contribution in [0.25, 0.3) is 26.4 Å². The number of anilines is 1. The summed E-state index contributed by atoms with van der Waals surface area (Å²) in [6.07, 6.45) is 2.31. The van der Waals surface area contributed by atoms with Crippen LogP contribution in [0.2, 0.25) is 0 Å². The number of hydrogen-bond acceptors (Lipinski definition) is 6. The molecule has 8 heteroatoms. The first kappa shape index (κ1) is 18.8. The van der Waals surface area contributed by atoms with Crippen LogP contribution in [0.1, 0.15) is 6.42 Å². The number of para-hydroxylation sites is 1. The third-order valence-corrected chi connectivity index (χ3v) is 6.56. The van der Waals surface area contributed by atoms with Gasteiger partial charge in [-0.25, -0.2) is 4.98 Å². The minimum Gasteiger partial charge on any atom is -0.326 e. The van der Waals surface area contributed by atoms with E-state index in [1.54, 1.807) is 11.3 Å². The molecule has 148 valence electrons. The number of benzene rings is 2. The largest absolute Gasteiger partial charge is 0.326 e. The summed E-state index contributed by atoms with van der Waals surface area (Å²) < 4.78 is 3.07. The molecule has 0 saturated heterocycles. The molecule has 0 radical (unpaired) electrons. The van der Waals surface area contributed by atoms with Crippen LogP contribution in [0.5, 0.6) is 0 Å². The Morgan fingerprint density at radius 3 is 2.87 bits per heavy atom. The van der Waals surface area contributed by atoms with Crippen molar-refractivity contribution in [1.82, 2.24) is 19.6 Å². The summed E-state index contributed by atoms with van der Waals surface area (Å²) >= 11 is 3.17. The highest BCUT2D eigenvalue weighted by Gasteiger charge is 2.10. The van der Waals surface area contributed by atoms with Crippen LogP contribution < -0.4 is 5.32 Å². The number of fused-ring (bicyclic) bond motifs is 2. The molecular formula is C22H17N5OS2. The van der Waals surface area contributed by atoms with Gasteiger partial charge in [0.15, 0.2) is 10.8 Å². The molecule has 0 atom stereocenters. The Morgan fingerprint density at radius 1 is 1.03 bits per heavy atom. The summed E-state index contributed by atoms with van der Waals surface area (Å²) in [7, 11) is 0. The number of carbonyl (C=O) groups excluding carboxylic acids is 1. The number of hydrogen-bond donors (Lipinski definition) is 1. The minimum absolute atomic E-state index is 0.0298. The zero-order valence-electron chi connectivity index (χ0n) is 15.9. The fraction of sp³-hybridized carbons (Fsp3) is 0.0909. The lowest BCUT2D eigenvalue weighted by atomic mass is 10.2. The Balaban J connectivity index is 1.22. The van der Waals surface area contributed by atoms with Crippen molar-refractivity contribution >= 4 is 50.6 Å². The van der Waals surface area contributed by atoms with Crippen LogP contribution in [0, 0.1) is 0 Å². The molecule has 2 aromatic carbocycles. The molecule has 1 amide bonds. The maximum Gasteiger partial charge on any atom is 0.225 e. The second kappa shape index (κ2) is 8.25. The highest BCUT2D eigenvalue weighted by molar-refractivity contribution is 7.99. The lowest BCUT2D eigenvalue weighted by Gasteiger charge is -2.06. The molecule has 3 aromatic heterocycles. The molecule has 0 spiro atoms. The quantitative estimate of drug-likeness (QED) is 0.378. The van der Waals surface area contributed by atoms with Crippen molar-refractivity contribution in [1.29, 1.82) is 0 Å². The monoisotopic (exact) mass is 431 g/mol. The highest BCUT2D eigenvalue weighted by atomic mass is 32.2. The van der Waals surface area contributed by atoms with Gasteiger partial charge < -0.3 is 5.32 Å². The average Bonchev–Trinajstić information content (AvgIpc) is 3.38. The van der Waals surface area contributed by atoms with E-state index in [9.17, 15) is 4.79 Å². The zero-order chi connectivity index (χ0) is 20.3. The lowest BCUT2D eigenvalue weighted by Crippen LogP contribution is -2.12. The van der Waals surface area contributed by atoms with Gasteiger partial charge in [0.05, 0.1) is 10.2 Å². The van der Waals surface area contributed by atoms with Gasteiger partial charge in [-0.2, -0.15) is 0 Å². The van der Waals surface area contributed by atoms with Gasteiger partial charge in [0, 0.05) is 29.6 Å². The molecule has 5 aromatic rings. The molecule has 0 aliphatic carbocycles. The Bertz CT molecular complexity index is 1310. The van der Waals surface area contributed by atoms with E-state index in [-0.39, 0.29) is 5.91 Å². The standard InChI is InChI=1S/C22H17N5OS2/c28-20(11-13-29-22-26-25-19-10-3-4-12-27(19)22)23-16-7-5-6-15(14-16)21-24-17-8-1-2-9-18(17)30-21/h1-10,12,14H,11,13H2,(H,23,28). The van der Waals surface area contributed by atoms with E-state index in [4.69, 9.17) is 4.98 Å². The topological polar surface area (TPSA) is 72.2 Å². The van der Waals surface area contributed by atoms with Crippen LogP contribution in [-0.4, -0.2) is 31.2 Å². The Hall–Kier alpha value is -3.23. The Labute approximate surface area is 181 Å². The smallest absolute Gasteiger partial charge is 0.225 e. The maximum atomic E-state index is 12.4. The summed E-state index contributed by atoms with van der Waals surface area (Å²) in [4.78, 5) is 17.1. The van der Waals surface area contributed by atoms with Gasteiger partial charge in [-0.3, -0.25) is 9.20 Å². The molecule has 30 heavy (non-hydrogen) atoms. The molecule has 0 bridgehead atoms. The molecular weight excluding hydrogens is 414 g/mol. The van der Waals surface area contributed by atoms with Crippen molar-refractivity contribution in [3.8, 4) is 10.6 Å². The third kappa shape index (κ3) is 3.92. The predicted octanol–water partition coefficient (Wildman–Crippen LogP) is 5.13. The number of carbonyl (C=O) groups is 1. The Kier molecular flexibility index (Phi) is 5.17. The molecule has 6 nitrogen and oxygen atoms in total. The number of thiazole rings is 1. The van der Waals surface area contributed by atoms with Crippen molar-refractivity contribution in [2.45, 2.75) is 11.6 Å². The van der Waals surface area contributed by atoms with E-state index in [0.29, 0.717) is 12.2 Å². The van der Waals surface area contributed by atoms with E-state index < -0.39 is 0 Å². The van der Waals surface area contributed by atoms with Gasteiger partial charge in [0.25, 0.3) is 0 Å². The molecule has 5 rings (SSSR count). The van der Waals surface area contributed by atoms with Gasteiger partial charge in [0.2, 0.25) is 5.91 Å². The number of thioether (sulfide) groups is 1. The average molecular weight is 432 g/mol. The van der Waals surface area contributed by atoms with Crippen LogP contribution in [0.15, 0.2) is 78.1 Å². The fourth-order valence-corrected chi connectivity index (χ4v) is 4.93. The van der Waals surface area contributed by atoms with Crippen LogP contribution >= 0.6 is 23.1 Å². The van der Waals surface area contributed by atoms with Crippen LogP contribution in [-0.2, 0) is 4.79 Å². The number of pyridine rings is 1. The number of nitrogens with one attached hydrogen (secondary N) is 1. The first-order valence-electron chi connectivity index (χ1n) is 9.45. The fourth-order valence-electron chi connectivity index (χ4n) is 3.10. The number of rotatable bonds is 6. The predicted molar refractivity (Wildman–Crippen MR) is 122 cm³/mol. The number of nitrogens with zero attached hydrogens (tertiary/aromatic N) is 4. The van der Waals surface area contributed by atoms with E-state index in [0.717, 1.165) is 37.3 Å². The van der Waals surface area contributed by atoms with Gasteiger partial charge in [-0.15, -0.1) is 21.5 Å². The maximum absolute atomic E-state index is 12.4. The van der Waals surface area contributed by atoms with Gasteiger partial charge in [0.1, 0.15) is 5.01 Å². The zero-order valence-corrected chi connectivity index (χ0v) is 17.5. The third-order valence-electron chi connectivity index (χ3n) is 4.53. The summed E-state index contributed by atoms with van der Waals surface area (Å²) in [5.74, 6) is 0.594. The van der Waals surface area contributed by atoms with E-state index in [1.165, 1.54) is 11.8 Å². The Morgan fingerprint density at radius 2 is 1.93 bits per heavy atom. The molecule has 0 fully saturated rings. The van der Waals surface area contributed by atoms with Gasteiger partial charge in [-0.05, 0) is 36.4 Å². The lowest BCUT2D eigenvalue weighted by molar-refractivity contribution is -0.115. The van der Waals surface area contributed by atoms with Crippen LogP contribution in [0.3, 0.4) is 0 Å². The number of aromatic nitrogens is 4. The second-order valence-electron chi connectivity index (χ2n) is 6.63. The first-order valence-corrected chi connectivity index (χ1v) is 11.2. The van der Waals surface area contributed by atoms with Gasteiger partial charge >= 0.3 is 0 Å². The van der Waals surface area contributed by atoms with Crippen molar-refractivity contribution in [2.24, 2.45) is 0 Å². The van der Waals surface area contributed by atoms with E-state index in [2.05, 4.69) is 21.6 Å². The minimum atomic E-state index is -0.0298. The summed E-state index contributed by atoms with van der Waals surface area (Å²) in [6, 6.07) is 21.7. The van der Waals surface area contributed by atoms with Crippen molar-refractivity contribution in [2.75, 3.05) is 11.1 Å². The molecule has 0 aliphatic heterocycles. The van der Waals surface area contributed by atoms with E-state index >= 15 is 0 Å². The number of amides is 1. The van der Waals surface area contributed by atoms with Crippen LogP contribution in [0.4, 0.5) is 5.69 Å². The second-order valence-corrected chi connectivity index (χ2v) is 8.72. The van der Waals surface area contributed by atoms with Crippen molar-refractivity contribution < 1.29 is 4.79 Å². The normalized spacial score (nSPS) is 11.2. The SMILES string of the molecule is O=C(CCSc1nnc2ccccn12)Nc1cccc(-c2nc3ccccc3s2)c1. The van der Waals surface area contributed by atoms with E-state index in [1.807, 2.05) is 71.3 Å². The first-order chi connectivity index (χ1) is 14.8. The molecule has 0 saturated carbocycles. The van der Waals surface area contributed by atoms with Gasteiger partial charge in [-0.1, -0.05) is 42.1 Å². The molecule has 0 unspecified atom stereocenters. The molecule has 3 heterocycles. The summed E-state index contributed by atoms with van der Waals surface area (Å²) in [6.45, 7) is 0. The van der Waals surface area contributed by atoms with Crippen molar-refractivity contribution in [3.63, 3.8) is 0 Å².